The normalized spacial score (nSPS) is 17.6. The Morgan fingerprint density at radius 3 is 2.91 bits per heavy atom. The van der Waals surface area contributed by atoms with E-state index in [0.717, 1.165) is 30.2 Å². The van der Waals surface area contributed by atoms with Crippen LogP contribution in [0.15, 0.2) is 30.5 Å². The van der Waals surface area contributed by atoms with Crippen LogP contribution in [0.3, 0.4) is 0 Å². The summed E-state index contributed by atoms with van der Waals surface area (Å²) in [6, 6.07) is 5.10. The van der Waals surface area contributed by atoms with Crippen molar-refractivity contribution in [2.45, 2.75) is 37.9 Å². The highest BCUT2D eigenvalue weighted by atomic mass is 19.4. The van der Waals surface area contributed by atoms with E-state index in [1.54, 1.807) is 6.20 Å². The number of aromatic amines is 1. The Kier molecular flexibility index (Phi) is 4.11. The molecule has 1 aromatic carbocycles. The number of nitrogens with one attached hydrogen (secondary N) is 2. The van der Waals surface area contributed by atoms with Crippen LogP contribution in [-0.2, 0) is 30.2 Å². The van der Waals surface area contributed by atoms with E-state index in [1.807, 2.05) is 0 Å². The monoisotopic (exact) mass is 323 g/mol. The second-order valence-corrected chi connectivity index (χ2v) is 5.71. The van der Waals surface area contributed by atoms with E-state index in [1.165, 1.54) is 18.2 Å². The molecule has 0 aliphatic heterocycles. The number of amides is 1. The lowest BCUT2D eigenvalue weighted by Crippen LogP contribution is -2.39. The molecule has 23 heavy (non-hydrogen) atoms. The molecule has 0 bridgehead atoms. The molecule has 0 saturated heterocycles. The quantitative estimate of drug-likeness (QED) is 0.912. The standard InChI is InChI=1S/C16H16F3N3O/c17-16(18,19)13-4-2-1-3-10(13)7-15(23)21-12-6-5-11-9-20-22-14(11)8-12/h1-4,9,12H,5-8H2,(H,20,22)(H,21,23)/t12-/m1/s1. The molecule has 4 nitrogen and oxygen atoms in total. The van der Waals surface area contributed by atoms with E-state index >= 15 is 0 Å². The fraction of sp³-hybridized carbons (Fsp3) is 0.375. The molecule has 0 radical (unpaired) electrons. The minimum atomic E-state index is -4.45. The molecule has 0 spiro atoms. The zero-order valence-electron chi connectivity index (χ0n) is 12.3. The Labute approximate surface area is 131 Å². The number of nitrogens with zero attached hydrogens (tertiary/aromatic N) is 1. The molecule has 0 fully saturated rings. The first-order chi connectivity index (χ1) is 10.9. The lowest BCUT2D eigenvalue weighted by molar-refractivity contribution is -0.138. The van der Waals surface area contributed by atoms with E-state index in [4.69, 9.17) is 0 Å². The van der Waals surface area contributed by atoms with Gasteiger partial charge in [0.1, 0.15) is 0 Å². The van der Waals surface area contributed by atoms with Gasteiger partial charge in [-0.15, -0.1) is 0 Å². The summed E-state index contributed by atoms with van der Waals surface area (Å²) < 4.78 is 38.8. The van der Waals surface area contributed by atoms with Gasteiger partial charge >= 0.3 is 6.18 Å². The van der Waals surface area contributed by atoms with E-state index in [9.17, 15) is 18.0 Å². The third-order valence-corrected chi connectivity index (χ3v) is 4.06. The van der Waals surface area contributed by atoms with Crippen molar-refractivity contribution in [1.82, 2.24) is 15.5 Å². The Morgan fingerprint density at radius 1 is 1.35 bits per heavy atom. The van der Waals surface area contributed by atoms with Crippen molar-refractivity contribution >= 4 is 5.91 Å². The Morgan fingerprint density at radius 2 is 2.13 bits per heavy atom. The lowest BCUT2D eigenvalue weighted by atomic mass is 9.93. The third-order valence-electron chi connectivity index (χ3n) is 4.06. The first kappa shape index (κ1) is 15.6. The summed E-state index contributed by atoms with van der Waals surface area (Å²) in [5.41, 5.74) is 1.36. The van der Waals surface area contributed by atoms with Crippen LogP contribution in [0, 0.1) is 0 Å². The van der Waals surface area contributed by atoms with Gasteiger partial charge in [-0.1, -0.05) is 18.2 Å². The van der Waals surface area contributed by atoms with E-state index in [-0.39, 0.29) is 18.0 Å². The molecule has 2 N–H and O–H groups in total. The van der Waals surface area contributed by atoms with Crippen molar-refractivity contribution in [2.75, 3.05) is 0 Å². The highest BCUT2D eigenvalue weighted by molar-refractivity contribution is 5.79. The van der Waals surface area contributed by atoms with Gasteiger partial charge in [-0.05, 0) is 30.0 Å². The highest BCUT2D eigenvalue weighted by Gasteiger charge is 2.33. The summed E-state index contributed by atoms with van der Waals surface area (Å²) in [5.74, 6) is -0.394. The number of alkyl halides is 3. The van der Waals surface area contributed by atoms with Gasteiger partial charge in [-0.3, -0.25) is 9.89 Å². The fourth-order valence-electron chi connectivity index (χ4n) is 2.93. The van der Waals surface area contributed by atoms with Crippen molar-refractivity contribution in [1.29, 1.82) is 0 Å². The van der Waals surface area contributed by atoms with Crippen LogP contribution in [0.2, 0.25) is 0 Å². The molecule has 0 saturated carbocycles. The average molecular weight is 323 g/mol. The van der Waals surface area contributed by atoms with Crippen molar-refractivity contribution in [3.8, 4) is 0 Å². The number of aryl methyl sites for hydroxylation is 1. The van der Waals surface area contributed by atoms with Crippen LogP contribution in [0.1, 0.15) is 28.8 Å². The van der Waals surface area contributed by atoms with Crippen molar-refractivity contribution in [3.63, 3.8) is 0 Å². The second kappa shape index (κ2) is 6.06. The predicted molar refractivity (Wildman–Crippen MR) is 77.7 cm³/mol. The van der Waals surface area contributed by atoms with Crippen LogP contribution in [0.5, 0.6) is 0 Å². The number of halogens is 3. The SMILES string of the molecule is O=C(Cc1ccccc1C(F)(F)F)N[C@@H]1CCc2cn[nH]c2C1. The van der Waals surface area contributed by atoms with Gasteiger partial charge in [0, 0.05) is 18.2 Å². The maximum atomic E-state index is 12.9. The Balaban J connectivity index is 1.65. The molecular formula is C16H16F3N3O. The molecule has 1 aliphatic rings. The molecule has 2 aromatic rings. The van der Waals surface area contributed by atoms with Crippen LogP contribution >= 0.6 is 0 Å². The first-order valence-corrected chi connectivity index (χ1v) is 7.39. The second-order valence-electron chi connectivity index (χ2n) is 5.71. The topological polar surface area (TPSA) is 57.8 Å². The third kappa shape index (κ3) is 3.55. The molecule has 0 unspecified atom stereocenters. The van der Waals surface area contributed by atoms with Crippen molar-refractivity contribution in [2.24, 2.45) is 0 Å². The van der Waals surface area contributed by atoms with E-state index < -0.39 is 17.6 Å². The molecule has 1 heterocycles. The Bertz CT molecular complexity index is 709. The van der Waals surface area contributed by atoms with Crippen LogP contribution in [0.25, 0.3) is 0 Å². The van der Waals surface area contributed by atoms with Crippen LogP contribution in [0.4, 0.5) is 13.2 Å². The molecule has 1 aliphatic carbocycles. The molecule has 1 atom stereocenters. The summed E-state index contributed by atoms with van der Waals surface area (Å²) in [4.78, 5) is 12.1. The van der Waals surface area contributed by atoms with Gasteiger partial charge in [-0.25, -0.2) is 0 Å². The molecule has 3 rings (SSSR count). The average Bonchev–Trinajstić information content (AvgIpc) is 2.94. The minimum absolute atomic E-state index is 0.00413. The number of hydrogen-bond donors (Lipinski definition) is 2. The number of rotatable bonds is 3. The van der Waals surface area contributed by atoms with E-state index in [2.05, 4.69) is 15.5 Å². The molecule has 7 heteroatoms. The summed E-state index contributed by atoms with van der Waals surface area (Å²) >= 11 is 0. The van der Waals surface area contributed by atoms with Gasteiger partial charge in [0.05, 0.1) is 18.2 Å². The fourth-order valence-corrected chi connectivity index (χ4v) is 2.93. The van der Waals surface area contributed by atoms with E-state index in [0.29, 0.717) is 6.42 Å². The van der Waals surface area contributed by atoms with Gasteiger partial charge < -0.3 is 5.32 Å². The number of aromatic nitrogens is 2. The smallest absolute Gasteiger partial charge is 0.353 e. The molecule has 1 amide bonds. The lowest BCUT2D eigenvalue weighted by Gasteiger charge is -2.23. The maximum Gasteiger partial charge on any atom is 0.416 e. The number of benzene rings is 1. The molecular weight excluding hydrogens is 307 g/mol. The summed E-state index contributed by atoms with van der Waals surface area (Å²) in [6.07, 6.45) is -0.765. The van der Waals surface area contributed by atoms with Crippen LogP contribution in [-0.4, -0.2) is 22.1 Å². The number of fused-ring (bicyclic) bond motifs is 1. The number of H-pyrrole nitrogens is 1. The van der Waals surface area contributed by atoms with Crippen LogP contribution < -0.4 is 5.32 Å². The molecule has 1 aromatic heterocycles. The van der Waals surface area contributed by atoms with Gasteiger partial charge in [0.25, 0.3) is 0 Å². The highest BCUT2D eigenvalue weighted by Crippen LogP contribution is 2.32. The largest absolute Gasteiger partial charge is 0.416 e. The number of carbonyl (C=O) groups is 1. The predicted octanol–water partition coefficient (Wildman–Crippen LogP) is 2.64. The van der Waals surface area contributed by atoms with Gasteiger partial charge in [-0.2, -0.15) is 18.3 Å². The first-order valence-electron chi connectivity index (χ1n) is 7.39. The van der Waals surface area contributed by atoms with Gasteiger partial charge in [0.15, 0.2) is 0 Å². The Hall–Kier alpha value is -2.31. The maximum absolute atomic E-state index is 12.9. The zero-order chi connectivity index (χ0) is 16.4. The summed E-state index contributed by atoms with van der Waals surface area (Å²) in [7, 11) is 0. The number of carbonyl (C=O) groups excluding carboxylic acids is 1. The van der Waals surface area contributed by atoms with Crippen molar-refractivity contribution in [3.05, 3.63) is 52.8 Å². The molecule has 122 valence electrons. The summed E-state index contributed by atoms with van der Waals surface area (Å²) in [5, 5.41) is 9.67. The minimum Gasteiger partial charge on any atom is -0.353 e. The van der Waals surface area contributed by atoms with Gasteiger partial charge in [0.2, 0.25) is 5.91 Å². The number of hydrogen-bond acceptors (Lipinski definition) is 2. The van der Waals surface area contributed by atoms with Crippen molar-refractivity contribution < 1.29 is 18.0 Å². The zero-order valence-corrected chi connectivity index (χ0v) is 12.3. The summed E-state index contributed by atoms with van der Waals surface area (Å²) in [6.45, 7) is 0.